The maximum Gasteiger partial charge on any atom is 0.416 e. The molecule has 0 nitrogen and oxygen atoms in total. The van der Waals surface area contributed by atoms with Crippen molar-refractivity contribution in [2.24, 2.45) is 5.92 Å². The number of hydrogen-bond acceptors (Lipinski definition) is 0. The van der Waals surface area contributed by atoms with Crippen molar-refractivity contribution in [2.45, 2.75) is 57.5 Å². The summed E-state index contributed by atoms with van der Waals surface area (Å²) in [5.74, 6) is 0.973. The predicted molar refractivity (Wildman–Crippen MR) is 103 cm³/mol. The first-order chi connectivity index (χ1) is 13.0. The Hall–Kier alpha value is -2.03. The van der Waals surface area contributed by atoms with Crippen LogP contribution >= 0.6 is 0 Å². The molecule has 0 aliphatic heterocycles. The molecule has 27 heavy (non-hydrogen) atoms. The van der Waals surface area contributed by atoms with E-state index in [1.807, 2.05) is 0 Å². The van der Waals surface area contributed by atoms with Crippen molar-refractivity contribution < 1.29 is 13.2 Å². The molecule has 3 heteroatoms. The first-order valence-electron chi connectivity index (χ1n) is 9.88. The second-order valence-electron chi connectivity index (χ2n) is 7.93. The Morgan fingerprint density at radius 2 is 1.48 bits per heavy atom. The molecule has 2 aliphatic rings. The van der Waals surface area contributed by atoms with E-state index in [1.165, 1.54) is 35.2 Å². The number of hydrogen-bond donors (Lipinski definition) is 0. The molecule has 0 fully saturated rings. The molecule has 0 heterocycles. The molecule has 0 amide bonds. The van der Waals surface area contributed by atoms with Crippen molar-refractivity contribution in [3.63, 3.8) is 0 Å². The minimum atomic E-state index is -4.26. The fraction of sp³-hybridized carbons (Fsp3) is 0.417. The van der Waals surface area contributed by atoms with Gasteiger partial charge < -0.3 is 0 Å². The Balaban J connectivity index is 1.54. The topological polar surface area (TPSA) is 0 Å². The van der Waals surface area contributed by atoms with Gasteiger partial charge in [-0.3, -0.25) is 0 Å². The van der Waals surface area contributed by atoms with Gasteiger partial charge in [0, 0.05) is 0 Å². The molecule has 142 valence electrons. The molecule has 0 saturated heterocycles. The molecule has 2 aromatic rings. The lowest BCUT2D eigenvalue weighted by Crippen LogP contribution is -2.20. The summed E-state index contributed by atoms with van der Waals surface area (Å²) in [5.41, 5.74) is 6.44. The first-order valence-corrected chi connectivity index (χ1v) is 9.88. The van der Waals surface area contributed by atoms with Crippen molar-refractivity contribution in [3.05, 3.63) is 81.9 Å². The zero-order valence-corrected chi connectivity index (χ0v) is 15.7. The van der Waals surface area contributed by atoms with Gasteiger partial charge in [0.25, 0.3) is 0 Å². The molecule has 4 rings (SSSR count). The third-order valence-electron chi connectivity index (χ3n) is 6.26. The Morgan fingerprint density at radius 3 is 2.11 bits per heavy atom. The minimum Gasteiger partial charge on any atom is -0.166 e. The van der Waals surface area contributed by atoms with Gasteiger partial charge in [0.15, 0.2) is 0 Å². The van der Waals surface area contributed by atoms with E-state index >= 15 is 0 Å². The molecule has 0 saturated carbocycles. The van der Waals surface area contributed by atoms with Crippen LogP contribution in [-0.2, 0) is 31.9 Å². The third kappa shape index (κ3) is 3.69. The molecule has 2 unspecified atom stereocenters. The third-order valence-corrected chi connectivity index (χ3v) is 6.26. The van der Waals surface area contributed by atoms with Crippen molar-refractivity contribution in [1.82, 2.24) is 0 Å². The maximum absolute atomic E-state index is 12.8. The molecular formula is C24H25F3. The van der Waals surface area contributed by atoms with Gasteiger partial charge in [-0.1, -0.05) is 36.4 Å². The smallest absolute Gasteiger partial charge is 0.166 e. The molecule has 2 atom stereocenters. The van der Waals surface area contributed by atoms with E-state index in [2.05, 4.69) is 31.2 Å². The summed E-state index contributed by atoms with van der Waals surface area (Å²) in [7, 11) is 0. The van der Waals surface area contributed by atoms with Gasteiger partial charge in [-0.2, -0.15) is 13.2 Å². The van der Waals surface area contributed by atoms with Crippen molar-refractivity contribution in [1.29, 1.82) is 0 Å². The second-order valence-corrected chi connectivity index (χ2v) is 7.93. The van der Waals surface area contributed by atoms with Crippen molar-refractivity contribution >= 4 is 0 Å². The van der Waals surface area contributed by atoms with Gasteiger partial charge in [0.2, 0.25) is 0 Å². The molecule has 0 bridgehead atoms. The second kappa shape index (κ2) is 7.18. The SMILES string of the molecule is C/C=C/C1CCc2c(ccc3c2CCC(c2ccc(C(F)(F)F)cc2)C3)C1. The van der Waals surface area contributed by atoms with E-state index in [0.717, 1.165) is 37.7 Å². The van der Waals surface area contributed by atoms with Crippen molar-refractivity contribution in [3.8, 4) is 0 Å². The Labute approximate surface area is 159 Å². The zero-order chi connectivity index (χ0) is 19.0. The van der Waals surface area contributed by atoms with Crippen LogP contribution in [0.2, 0.25) is 0 Å². The van der Waals surface area contributed by atoms with E-state index in [4.69, 9.17) is 0 Å². The van der Waals surface area contributed by atoms with Gasteiger partial charge in [0.1, 0.15) is 0 Å². The lowest BCUT2D eigenvalue weighted by atomic mass is 9.74. The summed E-state index contributed by atoms with van der Waals surface area (Å²) in [6.45, 7) is 2.09. The van der Waals surface area contributed by atoms with Crippen LogP contribution in [0.5, 0.6) is 0 Å². The first kappa shape index (κ1) is 18.3. The van der Waals surface area contributed by atoms with Crippen LogP contribution in [0.1, 0.15) is 59.1 Å². The van der Waals surface area contributed by atoms with Crippen LogP contribution in [-0.4, -0.2) is 0 Å². The molecule has 0 spiro atoms. The van der Waals surface area contributed by atoms with Crippen LogP contribution in [0.15, 0.2) is 48.6 Å². The molecule has 0 aromatic heterocycles. The Bertz CT molecular complexity index is 843. The summed E-state index contributed by atoms with van der Waals surface area (Å²) in [6.07, 6.45) is 6.72. The number of halogens is 3. The quantitative estimate of drug-likeness (QED) is 0.519. The fourth-order valence-corrected chi connectivity index (χ4v) is 4.86. The molecular weight excluding hydrogens is 345 g/mol. The average molecular weight is 370 g/mol. The monoisotopic (exact) mass is 370 g/mol. The highest BCUT2D eigenvalue weighted by Gasteiger charge is 2.31. The van der Waals surface area contributed by atoms with Crippen LogP contribution in [0, 0.1) is 5.92 Å². The summed E-state index contributed by atoms with van der Waals surface area (Å²) < 4.78 is 38.4. The van der Waals surface area contributed by atoms with Crippen LogP contribution in [0.3, 0.4) is 0 Å². The van der Waals surface area contributed by atoms with Crippen LogP contribution in [0.4, 0.5) is 13.2 Å². The van der Waals surface area contributed by atoms with Crippen LogP contribution in [0.25, 0.3) is 0 Å². The highest BCUT2D eigenvalue weighted by atomic mass is 19.4. The summed E-state index contributed by atoms with van der Waals surface area (Å²) in [6, 6.07) is 10.3. The lowest BCUT2D eigenvalue weighted by Gasteiger charge is -2.31. The largest absolute Gasteiger partial charge is 0.416 e. The highest BCUT2D eigenvalue weighted by Crippen LogP contribution is 2.39. The number of fused-ring (bicyclic) bond motifs is 3. The van der Waals surface area contributed by atoms with E-state index in [-0.39, 0.29) is 0 Å². The van der Waals surface area contributed by atoms with Gasteiger partial charge in [-0.25, -0.2) is 0 Å². The maximum atomic E-state index is 12.8. The van der Waals surface area contributed by atoms with Crippen LogP contribution < -0.4 is 0 Å². The normalized spacial score (nSPS) is 22.5. The number of allylic oxidation sites excluding steroid dienone is 2. The summed E-state index contributed by atoms with van der Waals surface area (Å²) >= 11 is 0. The number of rotatable bonds is 2. The fourth-order valence-electron chi connectivity index (χ4n) is 4.86. The van der Waals surface area contributed by atoms with E-state index in [0.29, 0.717) is 11.8 Å². The van der Waals surface area contributed by atoms with Gasteiger partial charge in [-0.15, -0.1) is 0 Å². The number of benzene rings is 2. The van der Waals surface area contributed by atoms with E-state index in [1.54, 1.807) is 17.7 Å². The van der Waals surface area contributed by atoms with Gasteiger partial charge in [0.05, 0.1) is 5.56 Å². The minimum absolute atomic E-state index is 0.317. The molecule has 2 aromatic carbocycles. The highest BCUT2D eigenvalue weighted by molar-refractivity contribution is 5.46. The van der Waals surface area contributed by atoms with E-state index in [9.17, 15) is 13.2 Å². The Morgan fingerprint density at radius 1 is 0.852 bits per heavy atom. The lowest BCUT2D eigenvalue weighted by molar-refractivity contribution is -0.137. The van der Waals surface area contributed by atoms with Gasteiger partial charge >= 0.3 is 6.18 Å². The van der Waals surface area contributed by atoms with E-state index < -0.39 is 11.7 Å². The summed E-state index contributed by atoms with van der Waals surface area (Å²) in [4.78, 5) is 0. The Kier molecular flexibility index (Phi) is 4.88. The van der Waals surface area contributed by atoms with Gasteiger partial charge in [-0.05, 0) is 97.2 Å². The zero-order valence-electron chi connectivity index (χ0n) is 15.7. The predicted octanol–water partition coefficient (Wildman–Crippen LogP) is 6.66. The number of alkyl halides is 3. The molecule has 2 aliphatic carbocycles. The average Bonchev–Trinajstić information content (AvgIpc) is 2.67. The van der Waals surface area contributed by atoms with Crippen molar-refractivity contribution in [2.75, 3.05) is 0 Å². The molecule has 0 radical (unpaired) electrons. The standard InChI is InChI=1S/C24H25F3/c1-2-3-16-4-12-22-19(14-16)5-6-20-15-18(9-13-23(20)22)17-7-10-21(11-8-17)24(25,26)27/h2-3,5-8,10-11,16,18H,4,9,12-15H2,1H3/b3-2+. The summed E-state index contributed by atoms with van der Waals surface area (Å²) in [5, 5.41) is 0. The molecule has 0 N–H and O–H groups in total.